The fourth-order valence-electron chi connectivity index (χ4n) is 4.36. The standard InChI is InChI=1S/C24H27ClF3NO/c1-29(2)16-20-10-6-9-19(13-17-7-4-3-5-8-17)23(20,30)15-18-11-12-22(25)21(14-18)24(26,27)28/h3-5,7-8,11-14,20,30H,6,9-10,15-16H2,1-2H3/b19-13+. The molecule has 1 aliphatic carbocycles. The molecule has 0 aromatic heterocycles. The molecule has 1 saturated carbocycles. The molecular formula is C24H27ClF3NO. The third-order valence-electron chi connectivity index (χ3n) is 5.77. The van der Waals surface area contributed by atoms with Crippen LogP contribution in [0.25, 0.3) is 6.08 Å². The molecule has 3 rings (SSSR count). The zero-order valence-electron chi connectivity index (χ0n) is 17.2. The molecule has 2 aromatic rings. The summed E-state index contributed by atoms with van der Waals surface area (Å²) in [6, 6.07) is 13.6. The van der Waals surface area contributed by atoms with Crippen LogP contribution in [0.2, 0.25) is 5.02 Å². The number of aliphatic hydroxyl groups is 1. The maximum absolute atomic E-state index is 13.4. The van der Waals surface area contributed by atoms with Gasteiger partial charge in [-0.15, -0.1) is 0 Å². The molecule has 0 spiro atoms. The van der Waals surface area contributed by atoms with Crippen LogP contribution in [0.1, 0.15) is 36.0 Å². The first-order chi connectivity index (χ1) is 14.1. The van der Waals surface area contributed by atoms with Crippen LogP contribution in [0.15, 0.2) is 54.1 Å². The van der Waals surface area contributed by atoms with Crippen LogP contribution in [0, 0.1) is 5.92 Å². The Morgan fingerprint density at radius 3 is 2.50 bits per heavy atom. The predicted molar refractivity (Wildman–Crippen MR) is 115 cm³/mol. The van der Waals surface area contributed by atoms with Crippen LogP contribution in [-0.2, 0) is 12.6 Å². The summed E-state index contributed by atoms with van der Waals surface area (Å²) >= 11 is 5.79. The van der Waals surface area contributed by atoms with E-state index in [1.807, 2.05) is 55.4 Å². The molecule has 0 aliphatic heterocycles. The SMILES string of the molecule is CN(C)CC1CCC/C(=C\c2ccccc2)C1(O)Cc1ccc(Cl)c(C(F)(F)F)c1. The Hall–Kier alpha value is -1.82. The van der Waals surface area contributed by atoms with Crippen LogP contribution < -0.4 is 0 Å². The molecule has 0 bridgehead atoms. The average Bonchev–Trinajstić information content (AvgIpc) is 2.66. The number of rotatable bonds is 5. The Kier molecular flexibility index (Phi) is 6.95. The van der Waals surface area contributed by atoms with E-state index in [0.717, 1.165) is 36.5 Å². The molecule has 0 saturated heterocycles. The molecule has 0 heterocycles. The highest BCUT2D eigenvalue weighted by Gasteiger charge is 2.43. The first-order valence-electron chi connectivity index (χ1n) is 10.1. The van der Waals surface area contributed by atoms with Crippen molar-refractivity contribution in [2.45, 2.75) is 37.5 Å². The molecule has 2 atom stereocenters. The average molecular weight is 438 g/mol. The Balaban J connectivity index is 2.03. The lowest BCUT2D eigenvalue weighted by Gasteiger charge is -2.44. The van der Waals surface area contributed by atoms with Crippen molar-refractivity contribution in [1.29, 1.82) is 0 Å². The van der Waals surface area contributed by atoms with E-state index in [1.165, 1.54) is 6.07 Å². The molecule has 1 N–H and O–H groups in total. The van der Waals surface area contributed by atoms with Crippen LogP contribution in [0.4, 0.5) is 13.2 Å². The van der Waals surface area contributed by atoms with Gasteiger partial charge in [0.1, 0.15) is 0 Å². The Labute approximate surface area is 181 Å². The van der Waals surface area contributed by atoms with Gasteiger partial charge >= 0.3 is 6.18 Å². The number of nitrogens with zero attached hydrogens (tertiary/aromatic N) is 1. The van der Waals surface area contributed by atoms with Crippen molar-refractivity contribution in [3.63, 3.8) is 0 Å². The Bertz CT molecular complexity index is 895. The fraction of sp³-hybridized carbons (Fsp3) is 0.417. The second kappa shape index (κ2) is 9.13. The first-order valence-corrected chi connectivity index (χ1v) is 10.5. The molecule has 1 aliphatic rings. The van der Waals surface area contributed by atoms with Crippen molar-refractivity contribution in [2.24, 2.45) is 5.92 Å². The topological polar surface area (TPSA) is 23.5 Å². The minimum absolute atomic E-state index is 0.0822. The summed E-state index contributed by atoms with van der Waals surface area (Å²) in [5.74, 6) is -0.0822. The predicted octanol–water partition coefficient (Wildman–Crippen LogP) is 6.08. The summed E-state index contributed by atoms with van der Waals surface area (Å²) in [7, 11) is 3.89. The second-order valence-corrected chi connectivity index (χ2v) is 8.75. The van der Waals surface area contributed by atoms with Crippen molar-refractivity contribution < 1.29 is 18.3 Å². The van der Waals surface area contributed by atoms with Gasteiger partial charge in [-0.3, -0.25) is 0 Å². The number of hydrogen-bond donors (Lipinski definition) is 1. The van der Waals surface area contributed by atoms with Gasteiger partial charge in [0, 0.05) is 18.9 Å². The normalized spacial score (nSPS) is 23.9. The van der Waals surface area contributed by atoms with Crippen LogP contribution >= 0.6 is 11.6 Å². The lowest BCUT2D eigenvalue weighted by atomic mass is 9.68. The summed E-state index contributed by atoms with van der Waals surface area (Å²) < 4.78 is 40.1. The molecule has 6 heteroatoms. The second-order valence-electron chi connectivity index (χ2n) is 8.34. The summed E-state index contributed by atoms with van der Waals surface area (Å²) in [5.41, 5.74) is 0.186. The quantitative estimate of drug-likeness (QED) is 0.613. The Morgan fingerprint density at radius 2 is 1.87 bits per heavy atom. The highest BCUT2D eigenvalue weighted by molar-refractivity contribution is 6.31. The van der Waals surface area contributed by atoms with E-state index in [1.54, 1.807) is 6.07 Å². The molecule has 162 valence electrons. The zero-order chi connectivity index (χ0) is 21.9. The summed E-state index contributed by atoms with van der Waals surface area (Å²) in [6.45, 7) is 0.655. The van der Waals surface area contributed by atoms with E-state index in [0.29, 0.717) is 12.1 Å². The van der Waals surface area contributed by atoms with E-state index in [9.17, 15) is 18.3 Å². The van der Waals surface area contributed by atoms with Gasteiger partial charge < -0.3 is 10.0 Å². The summed E-state index contributed by atoms with van der Waals surface area (Å²) in [4.78, 5) is 2.02. The van der Waals surface area contributed by atoms with E-state index in [-0.39, 0.29) is 17.4 Å². The van der Waals surface area contributed by atoms with Gasteiger partial charge in [0.05, 0.1) is 16.2 Å². The molecule has 30 heavy (non-hydrogen) atoms. The molecule has 2 unspecified atom stereocenters. The molecule has 1 fully saturated rings. The zero-order valence-corrected chi connectivity index (χ0v) is 18.0. The minimum Gasteiger partial charge on any atom is -0.385 e. The number of halogens is 4. The number of alkyl halides is 3. The van der Waals surface area contributed by atoms with Gasteiger partial charge in [-0.25, -0.2) is 0 Å². The van der Waals surface area contributed by atoms with Gasteiger partial charge in [-0.05, 0) is 62.2 Å². The molecular weight excluding hydrogens is 411 g/mol. The first kappa shape index (κ1) is 22.9. The van der Waals surface area contributed by atoms with Crippen LogP contribution in [0.5, 0.6) is 0 Å². The number of hydrogen-bond acceptors (Lipinski definition) is 2. The van der Waals surface area contributed by atoms with Gasteiger partial charge in [0.25, 0.3) is 0 Å². The van der Waals surface area contributed by atoms with Crippen LogP contribution in [-0.4, -0.2) is 36.2 Å². The molecule has 2 aromatic carbocycles. The monoisotopic (exact) mass is 437 g/mol. The van der Waals surface area contributed by atoms with Gasteiger partial charge in [0.15, 0.2) is 0 Å². The van der Waals surface area contributed by atoms with Crippen molar-refractivity contribution in [3.8, 4) is 0 Å². The molecule has 2 nitrogen and oxygen atoms in total. The lowest BCUT2D eigenvalue weighted by molar-refractivity contribution is -0.137. The minimum atomic E-state index is -4.53. The third-order valence-corrected chi connectivity index (χ3v) is 6.10. The van der Waals surface area contributed by atoms with E-state index < -0.39 is 17.3 Å². The molecule has 0 amide bonds. The van der Waals surface area contributed by atoms with E-state index in [2.05, 4.69) is 0 Å². The Morgan fingerprint density at radius 1 is 1.17 bits per heavy atom. The van der Waals surface area contributed by atoms with E-state index >= 15 is 0 Å². The van der Waals surface area contributed by atoms with Crippen molar-refractivity contribution in [3.05, 3.63) is 75.8 Å². The van der Waals surface area contributed by atoms with Crippen molar-refractivity contribution >= 4 is 17.7 Å². The maximum Gasteiger partial charge on any atom is 0.417 e. The largest absolute Gasteiger partial charge is 0.417 e. The highest BCUT2D eigenvalue weighted by Crippen LogP contribution is 2.43. The van der Waals surface area contributed by atoms with Crippen molar-refractivity contribution in [1.82, 2.24) is 4.90 Å². The third kappa shape index (κ3) is 5.26. The fourth-order valence-corrected chi connectivity index (χ4v) is 4.58. The summed E-state index contributed by atoms with van der Waals surface area (Å²) in [5, 5.41) is 11.6. The van der Waals surface area contributed by atoms with Gasteiger partial charge in [-0.1, -0.05) is 54.1 Å². The van der Waals surface area contributed by atoms with E-state index in [4.69, 9.17) is 11.6 Å². The van der Waals surface area contributed by atoms with Gasteiger partial charge in [-0.2, -0.15) is 13.2 Å². The number of benzene rings is 2. The maximum atomic E-state index is 13.4. The lowest BCUT2D eigenvalue weighted by Crippen LogP contribution is -2.48. The van der Waals surface area contributed by atoms with Crippen molar-refractivity contribution in [2.75, 3.05) is 20.6 Å². The molecule has 0 radical (unpaired) electrons. The smallest absolute Gasteiger partial charge is 0.385 e. The highest BCUT2D eigenvalue weighted by atomic mass is 35.5. The van der Waals surface area contributed by atoms with Crippen LogP contribution in [0.3, 0.4) is 0 Å². The van der Waals surface area contributed by atoms with Gasteiger partial charge in [0.2, 0.25) is 0 Å². The summed E-state index contributed by atoms with van der Waals surface area (Å²) in [6.07, 6.45) is 0.0460.